The van der Waals surface area contributed by atoms with E-state index >= 15 is 0 Å². The summed E-state index contributed by atoms with van der Waals surface area (Å²) >= 11 is 12.6. The topological polar surface area (TPSA) is 78.7 Å². The first kappa shape index (κ1) is 22.9. The van der Waals surface area contributed by atoms with Crippen molar-refractivity contribution in [2.45, 2.75) is 31.8 Å². The van der Waals surface area contributed by atoms with E-state index in [0.29, 0.717) is 58.9 Å². The molecule has 0 spiro atoms. The molecule has 0 saturated carbocycles. The molecule has 1 unspecified atom stereocenters. The van der Waals surface area contributed by atoms with Crippen LogP contribution in [0.4, 0.5) is 5.82 Å². The standard InChI is InChI=1S/C25H24Cl2N4O3/c26-17-10-8-16(9-11-17)15-31-21-23(28-22(31)18-5-1-2-6-19(18)27)29-12-3-7-20(29)24(33)30(25(21)34)13-4-14-32/h1-2,5-6,8-11,20,32H,3-4,7,12-15H2. The zero-order valence-corrected chi connectivity index (χ0v) is 20.0. The van der Waals surface area contributed by atoms with Crippen LogP contribution in [0.1, 0.15) is 35.3 Å². The third kappa shape index (κ3) is 3.98. The fourth-order valence-corrected chi connectivity index (χ4v) is 5.10. The Kier molecular flexibility index (Phi) is 6.34. The average Bonchev–Trinajstić information content (AvgIpc) is 3.44. The first-order chi connectivity index (χ1) is 16.5. The molecule has 2 aromatic carbocycles. The van der Waals surface area contributed by atoms with Crippen molar-refractivity contribution in [3.63, 3.8) is 0 Å². The first-order valence-electron chi connectivity index (χ1n) is 11.3. The SMILES string of the molecule is O=C1c2c(nc(-c3ccccc3Cl)n2Cc2ccc(Cl)cc2)N2CCCC2C(=O)N1CCCO. The third-order valence-corrected chi connectivity index (χ3v) is 6.96. The molecule has 1 aromatic heterocycles. The molecular weight excluding hydrogens is 475 g/mol. The van der Waals surface area contributed by atoms with Crippen LogP contribution in [0.25, 0.3) is 11.4 Å². The van der Waals surface area contributed by atoms with E-state index in [1.165, 1.54) is 4.90 Å². The van der Waals surface area contributed by atoms with Crippen molar-refractivity contribution in [1.82, 2.24) is 14.5 Å². The summed E-state index contributed by atoms with van der Waals surface area (Å²) in [4.78, 5) is 35.4. The van der Waals surface area contributed by atoms with Gasteiger partial charge < -0.3 is 14.6 Å². The number of carbonyl (C=O) groups excluding carboxylic acids is 2. The monoisotopic (exact) mass is 498 g/mol. The Bertz CT molecular complexity index is 1240. The van der Waals surface area contributed by atoms with Gasteiger partial charge in [-0.05, 0) is 49.1 Å². The largest absolute Gasteiger partial charge is 0.396 e. The van der Waals surface area contributed by atoms with Gasteiger partial charge in [0, 0.05) is 36.8 Å². The highest BCUT2D eigenvalue weighted by atomic mass is 35.5. The van der Waals surface area contributed by atoms with E-state index in [4.69, 9.17) is 28.2 Å². The number of fused-ring (bicyclic) bond motifs is 3. The van der Waals surface area contributed by atoms with Gasteiger partial charge in [-0.2, -0.15) is 0 Å². The molecule has 7 nitrogen and oxygen atoms in total. The van der Waals surface area contributed by atoms with Gasteiger partial charge in [0.1, 0.15) is 11.9 Å². The molecule has 176 valence electrons. The van der Waals surface area contributed by atoms with E-state index in [1.54, 1.807) is 18.2 Å². The van der Waals surface area contributed by atoms with Gasteiger partial charge in [0.25, 0.3) is 11.8 Å². The van der Waals surface area contributed by atoms with Crippen molar-refractivity contribution in [2.24, 2.45) is 0 Å². The maximum absolute atomic E-state index is 13.9. The number of hydrogen-bond acceptors (Lipinski definition) is 5. The van der Waals surface area contributed by atoms with E-state index in [9.17, 15) is 14.7 Å². The highest BCUT2D eigenvalue weighted by Crippen LogP contribution is 2.38. The Morgan fingerprint density at radius 3 is 2.56 bits per heavy atom. The number of aliphatic hydroxyl groups is 1. The number of nitrogens with zero attached hydrogens (tertiary/aromatic N) is 4. The van der Waals surface area contributed by atoms with Gasteiger partial charge in [-0.25, -0.2) is 4.98 Å². The summed E-state index contributed by atoms with van der Waals surface area (Å²) in [5.41, 5.74) is 2.00. The maximum Gasteiger partial charge on any atom is 0.281 e. The van der Waals surface area contributed by atoms with E-state index < -0.39 is 11.9 Å². The van der Waals surface area contributed by atoms with Crippen LogP contribution in [0.2, 0.25) is 10.0 Å². The average molecular weight is 499 g/mol. The van der Waals surface area contributed by atoms with Crippen molar-refractivity contribution >= 4 is 40.8 Å². The van der Waals surface area contributed by atoms with E-state index in [1.807, 2.05) is 39.8 Å². The van der Waals surface area contributed by atoms with Crippen molar-refractivity contribution in [2.75, 3.05) is 24.6 Å². The molecule has 0 radical (unpaired) electrons. The van der Waals surface area contributed by atoms with Gasteiger partial charge in [-0.15, -0.1) is 0 Å². The van der Waals surface area contributed by atoms with Crippen molar-refractivity contribution < 1.29 is 14.7 Å². The summed E-state index contributed by atoms with van der Waals surface area (Å²) in [6, 6.07) is 14.4. The third-order valence-electron chi connectivity index (χ3n) is 6.38. The van der Waals surface area contributed by atoms with Crippen LogP contribution in [0.5, 0.6) is 0 Å². The Morgan fingerprint density at radius 2 is 1.82 bits per heavy atom. The van der Waals surface area contributed by atoms with Crippen molar-refractivity contribution in [3.8, 4) is 11.4 Å². The fraction of sp³-hybridized carbons (Fsp3) is 0.320. The first-order valence-corrected chi connectivity index (χ1v) is 12.1. The molecule has 1 fully saturated rings. The molecule has 3 aromatic rings. The second kappa shape index (κ2) is 9.41. The van der Waals surface area contributed by atoms with Crippen molar-refractivity contribution in [1.29, 1.82) is 0 Å². The number of benzene rings is 2. The van der Waals surface area contributed by atoms with E-state index in [-0.39, 0.29) is 19.1 Å². The number of halogens is 2. The molecule has 9 heteroatoms. The van der Waals surface area contributed by atoms with Crippen LogP contribution in [-0.4, -0.2) is 57.1 Å². The zero-order valence-electron chi connectivity index (χ0n) is 18.5. The molecule has 0 bridgehead atoms. The van der Waals surface area contributed by atoms with Crippen LogP contribution in [0.15, 0.2) is 48.5 Å². The zero-order chi connectivity index (χ0) is 23.8. The molecule has 2 amide bonds. The number of aliphatic hydroxyl groups excluding tert-OH is 1. The summed E-state index contributed by atoms with van der Waals surface area (Å²) in [6.07, 6.45) is 1.82. The smallest absolute Gasteiger partial charge is 0.281 e. The van der Waals surface area contributed by atoms with Crippen LogP contribution in [0, 0.1) is 0 Å². The lowest BCUT2D eigenvalue weighted by Gasteiger charge is -2.25. The predicted octanol–water partition coefficient (Wildman–Crippen LogP) is 4.24. The molecule has 1 saturated heterocycles. The van der Waals surface area contributed by atoms with Gasteiger partial charge >= 0.3 is 0 Å². The molecule has 0 aliphatic carbocycles. The number of imidazole rings is 1. The molecule has 3 heterocycles. The molecule has 1 N–H and O–H groups in total. The lowest BCUT2D eigenvalue weighted by atomic mass is 10.1. The molecular formula is C25H24Cl2N4O3. The van der Waals surface area contributed by atoms with Crippen LogP contribution < -0.4 is 4.90 Å². The maximum atomic E-state index is 13.9. The van der Waals surface area contributed by atoms with E-state index in [0.717, 1.165) is 12.0 Å². The molecule has 1 atom stereocenters. The van der Waals surface area contributed by atoms with Gasteiger partial charge in [0.2, 0.25) is 0 Å². The Labute approximate surface area is 207 Å². The second-order valence-electron chi connectivity index (χ2n) is 8.52. The fourth-order valence-electron chi connectivity index (χ4n) is 4.75. The summed E-state index contributed by atoms with van der Waals surface area (Å²) in [6.45, 7) is 1.05. The summed E-state index contributed by atoms with van der Waals surface area (Å²) in [5.74, 6) is 0.450. The lowest BCUT2D eigenvalue weighted by Crippen LogP contribution is -2.46. The number of imide groups is 1. The quantitative estimate of drug-likeness (QED) is 0.514. The highest BCUT2D eigenvalue weighted by molar-refractivity contribution is 6.33. The van der Waals surface area contributed by atoms with Crippen LogP contribution in [0.3, 0.4) is 0 Å². The van der Waals surface area contributed by atoms with Crippen LogP contribution in [-0.2, 0) is 11.3 Å². The molecule has 2 aliphatic rings. The van der Waals surface area contributed by atoms with Crippen molar-refractivity contribution in [3.05, 3.63) is 69.8 Å². The molecule has 5 rings (SSSR count). The Hall–Kier alpha value is -2.87. The van der Waals surface area contributed by atoms with Gasteiger partial charge in [-0.3, -0.25) is 14.5 Å². The summed E-state index contributed by atoms with van der Waals surface area (Å²) in [7, 11) is 0. The molecule has 2 aliphatic heterocycles. The number of anilines is 1. The molecule has 34 heavy (non-hydrogen) atoms. The summed E-state index contributed by atoms with van der Waals surface area (Å²) in [5, 5.41) is 10.5. The summed E-state index contributed by atoms with van der Waals surface area (Å²) < 4.78 is 1.85. The number of amides is 2. The van der Waals surface area contributed by atoms with Crippen LogP contribution >= 0.6 is 23.2 Å². The minimum absolute atomic E-state index is 0.104. The highest BCUT2D eigenvalue weighted by Gasteiger charge is 2.44. The number of aromatic nitrogens is 2. The minimum atomic E-state index is -0.443. The Morgan fingerprint density at radius 1 is 1.06 bits per heavy atom. The lowest BCUT2D eigenvalue weighted by molar-refractivity contribution is -0.129. The number of carbonyl (C=O) groups is 2. The normalized spacial score (nSPS) is 17.7. The van der Waals surface area contributed by atoms with Gasteiger partial charge in [0.05, 0.1) is 5.02 Å². The predicted molar refractivity (Wildman–Crippen MR) is 131 cm³/mol. The number of rotatable bonds is 6. The minimum Gasteiger partial charge on any atom is -0.396 e. The van der Waals surface area contributed by atoms with Gasteiger partial charge in [-0.1, -0.05) is 47.5 Å². The Balaban J connectivity index is 1.72. The van der Waals surface area contributed by atoms with Gasteiger partial charge in [0.15, 0.2) is 11.5 Å². The van der Waals surface area contributed by atoms with E-state index in [2.05, 4.69) is 0 Å². The number of hydrogen-bond donors (Lipinski definition) is 1. The second-order valence-corrected chi connectivity index (χ2v) is 9.37.